The van der Waals surface area contributed by atoms with Gasteiger partial charge in [0.1, 0.15) is 0 Å². The maximum atomic E-state index is 8.61. The molecule has 0 spiro atoms. The SMILES string of the molecule is C=CCCCCC(=C)B(O)O. The molecule has 0 saturated carbocycles. The van der Waals surface area contributed by atoms with E-state index in [-0.39, 0.29) is 0 Å². The normalized spacial score (nSPS) is 9.27. The molecule has 0 heterocycles. The van der Waals surface area contributed by atoms with Gasteiger partial charge in [-0.3, -0.25) is 0 Å². The average Bonchev–Trinajstić information content (AvgIpc) is 1.97. The van der Waals surface area contributed by atoms with E-state index in [9.17, 15) is 0 Å². The molecular weight excluding hydrogens is 139 g/mol. The van der Waals surface area contributed by atoms with Crippen LogP contribution in [-0.4, -0.2) is 17.2 Å². The van der Waals surface area contributed by atoms with Crippen LogP contribution in [0.4, 0.5) is 0 Å². The number of rotatable bonds is 6. The van der Waals surface area contributed by atoms with E-state index < -0.39 is 7.12 Å². The second kappa shape index (κ2) is 6.19. The number of hydrogen-bond donors (Lipinski definition) is 2. The van der Waals surface area contributed by atoms with Gasteiger partial charge in [-0.2, -0.15) is 0 Å². The molecule has 0 fully saturated rings. The molecule has 0 aromatic carbocycles. The highest BCUT2D eigenvalue weighted by Gasteiger charge is 2.10. The van der Waals surface area contributed by atoms with E-state index in [0.29, 0.717) is 11.9 Å². The maximum absolute atomic E-state index is 8.61. The summed E-state index contributed by atoms with van der Waals surface area (Å²) < 4.78 is 0. The van der Waals surface area contributed by atoms with Gasteiger partial charge >= 0.3 is 7.12 Å². The molecule has 0 amide bonds. The van der Waals surface area contributed by atoms with Gasteiger partial charge in [0.15, 0.2) is 0 Å². The summed E-state index contributed by atoms with van der Waals surface area (Å²) in [4.78, 5) is 0. The zero-order valence-electron chi connectivity index (χ0n) is 6.79. The Kier molecular flexibility index (Phi) is 5.89. The molecule has 0 aliphatic carbocycles. The van der Waals surface area contributed by atoms with E-state index in [1.54, 1.807) is 0 Å². The van der Waals surface area contributed by atoms with E-state index in [4.69, 9.17) is 10.0 Å². The lowest BCUT2D eigenvalue weighted by atomic mass is 9.78. The van der Waals surface area contributed by atoms with E-state index in [0.717, 1.165) is 19.3 Å². The van der Waals surface area contributed by atoms with E-state index in [1.807, 2.05) is 6.08 Å². The third kappa shape index (κ3) is 5.89. The van der Waals surface area contributed by atoms with Crippen LogP contribution in [0.5, 0.6) is 0 Å². The molecule has 2 N–H and O–H groups in total. The third-order valence-corrected chi connectivity index (χ3v) is 1.52. The lowest BCUT2D eigenvalue weighted by molar-refractivity contribution is 0.416. The first-order chi connectivity index (χ1) is 5.18. The summed E-state index contributed by atoms with van der Waals surface area (Å²) in [6, 6.07) is 0. The Bertz CT molecular complexity index is 132. The molecule has 0 saturated heterocycles. The van der Waals surface area contributed by atoms with Crippen LogP contribution in [0.2, 0.25) is 0 Å². The molecule has 0 radical (unpaired) electrons. The van der Waals surface area contributed by atoms with Crippen LogP contribution in [0, 0.1) is 0 Å². The Labute approximate surface area is 68.4 Å². The van der Waals surface area contributed by atoms with Crippen molar-refractivity contribution in [2.45, 2.75) is 25.7 Å². The molecule has 0 unspecified atom stereocenters. The lowest BCUT2D eigenvalue weighted by Crippen LogP contribution is -2.14. The first-order valence-corrected chi connectivity index (χ1v) is 3.83. The molecule has 11 heavy (non-hydrogen) atoms. The highest BCUT2D eigenvalue weighted by atomic mass is 16.4. The van der Waals surface area contributed by atoms with Crippen LogP contribution in [0.1, 0.15) is 25.7 Å². The monoisotopic (exact) mass is 154 g/mol. The molecule has 2 nitrogen and oxygen atoms in total. The fourth-order valence-electron chi connectivity index (χ4n) is 0.770. The lowest BCUT2D eigenvalue weighted by Gasteiger charge is -2.01. The van der Waals surface area contributed by atoms with Crippen LogP contribution in [0.25, 0.3) is 0 Å². The fourth-order valence-corrected chi connectivity index (χ4v) is 0.770. The zero-order valence-corrected chi connectivity index (χ0v) is 6.79. The molecule has 0 aromatic heterocycles. The smallest absolute Gasteiger partial charge is 0.423 e. The molecule has 62 valence electrons. The van der Waals surface area contributed by atoms with E-state index >= 15 is 0 Å². The first-order valence-electron chi connectivity index (χ1n) is 3.83. The molecule has 0 bridgehead atoms. The predicted octanol–water partition coefficient (Wildman–Crippen LogP) is 1.30. The summed E-state index contributed by atoms with van der Waals surface area (Å²) in [6.07, 6.45) is 5.51. The van der Waals surface area contributed by atoms with Crippen LogP contribution >= 0.6 is 0 Å². The van der Waals surface area contributed by atoms with Crippen molar-refractivity contribution in [2.75, 3.05) is 0 Å². The summed E-state index contributed by atoms with van der Waals surface area (Å²) in [5.41, 5.74) is 0.495. The van der Waals surface area contributed by atoms with Gasteiger partial charge in [-0.25, -0.2) is 0 Å². The van der Waals surface area contributed by atoms with Gasteiger partial charge in [0.05, 0.1) is 0 Å². The van der Waals surface area contributed by atoms with Gasteiger partial charge in [0.25, 0.3) is 0 Å². The van der Waals surface area contributed by atoms with Gasteiger partial charge in [-0.1, -0.05) is 6.08 Å². The number of unbranched alkanes of at least 4 members (excludes halogenated alkanes) is 2. The van der Waals surface area contributed by atoms with Crippen molar-refractivity contribution >= 4 is 7.12 Å². The van der Waals surface area contributed by atoms with Crippen molar-refractivity contribution in [2.24, 2.45) is 0 Å². The van der Waals surface area contributed by atoms with Gasteiger partial charge in [-0.05, 0) is 31.2 Å². The average molecular weight is 154 g/mol. The zero-order chi connectivity index (χ0) is 8.69. The predicted molar refractivity (Wildman–Crippen MR) is 48.0 cm³/mol. The quantitative estimate of drug-likeness (QED) is 0.344. The second-order valence-electron chi connectivity index (χ2n) is 2.57. The van der Waals surface area contributed by atoms with Crippen LogP contribution in [-0.2, 0) is 0 Å². The van der Waals surface area contributed by atoms with Gasteiger partial charge in [0.2, 0.25) is 0 Å². The highest BCUT2D eigenvalue weighted by molar-refractivity contribution is 6.50. The standard InChI is InChI=1S/C8H15BO2/c1-3-4-5-6-7-8(2)9(10)11/h3,10-11H,1-2,4-7H2. The van der Waals surface area contributed by atoms with Gasteiger partial charge in [0, 0.05) is 0 Å². The topological polar surface area (TPSA) is 40.5 Å². The maximum Gasteiger partial charge on any atom is 0.483 e. The third-order valence-electron chi connectivity index (χ3n) is 1.52. The summed E-state index contributed by atoms with van der Waals surface area (Å²) in [5.74, 6) is 0. The Balaban J connectivity index is 3.24. The van der Waals surface area contributed by atoms with Crippen LogP contribution in [0.15, 0.2) is 24.7 Å². The van der Waals surface area contributed by atoms with Crippen molar-refractivity contribution in [3.63, 3.8) is 0 Å². The van der Waals surface area contributed by atoms with Crippen molar-refractivity contribution in [3.05, 3.63) is 24.7 Å². The molecular formula is C8H15BO2. The largest absolute Gasteiger partial charge is 0.483 e. The second-order valence-corrected chi connectivity index (χ2v) is 2.57. The van der Waals surface area contributed by atoms with Crippen molar-refractivity contribution in [1.82, 2.24) is 0 Å². The van der Waals surface area contributed by atoms with Gasteiger partial charge < -0.3 is 10.0 Å². The number of allylic oxidation sites excluding steroid dienone is 2. The van der Waals surface area contributed by atoms with E-state index in [1.165, 1.54) is 0 Å². The Hall–Kier alpha value is -0.535. The fraction of sp³-hybridized carbons (Fsp3) is 0.500. The van der Waals surface area contributed by atoms with E-state index in [2.05, 4.69) is 13.2 Å². The molecule has 3 heteroatoms. The number of hydrogen-bond acceptors (Lipinski definition) is 2. The summed E-state index contributed by atoms with van der Waals surface area (Å²) in [7, 11) is -1.35. The summed E-state index contributed by atoms with van der Waals surface area (Å²) in [6.45, 7) is 7.12. The summed E-state index contributed by atoms with van der Waals surface area (Å²) in [5, 5.41) is 17.2. The van der Waals surface area contributed by atoms with Crippen LogP contribution in [0.3, 0.4) is 0 Å². The minimum atomic E-state index is -1.35. The first kappa shape index (κ1) is 10.5. The Morgan fingerprint density at radius 2 is 2.00 bits per heavy atom. The minimum absolute atomic E-state index is 0.495. The molecule has 0 atom stereocenters. The van der Waals surface area contributed by atoms with Gasteiger partial charge in [-0.15, -0.1) is 13.2 Å². The minimum Gasteiger partial charge on any atom is -0.423 e. The molecule has 0 aromatic rings. The Morgan fingerprint density at radius 3 is 2.45 bits per heavy atom. The molecule has 0 rings (SSSR count). The van der Waals surface area contributed by atoms with Crippen molar-refractivity contribution in [1.29, 1.82) is 0 Å². The van der Waals surface area contributed by atoms with Crippen molar-refractivity contribution < 1.29 is 10.0 Å². The van der Waals surface area contributed by atoms with Crippen molar-refractivity contribution in [3.8, 4) is 0 Å². The molecule has 0 aliphatic rings. The highest BCUT2D eigenvalue weighted by Crippen LogP contribution is 2.07. The Morgan fingerprint density at radius 1 is 1.36 bits per heavy atom. The van der Waals surface area contributed by atoms with Crippen LogP contribution < -0.4 is 0 Å². The summed E-state index contributed by atoms with van der Waals surface area (Å²) >= 11 is 0. The molecule has 0 aliphatic heterocycles.